The quantitative estimate of drug-likeness (QED) is 0.532. The number of rotatable bonds is 6. The summed E-state index contributed by atoms with van der Waals surface area (Å²) in [7, 11) is 0. The summed E-state index contributed by atoms with van der Waals surface area (Å²) in [6.45, 7) is 7.38. The van der Waals surface area contributed by atoms with Gasteiger partial charge >= 0.3 is 5.97 Å². The number of ether oxygens (including phenoxy) is 1. The topological polar surface area (TPSA) is 62.7 Å². The molecule has 1 fully saturated rings. The summed E-state index contributed by atoms with van der Waals surface area (Å²) < 4.78 is 5.44. The Bertz CT molecular complexity index is 1060. The molecule has 1 unspecified atom stereocenters. The first-order valence-electron chi connectivity index (χ1n) is 10.8. The van der Waals surface area contributed by atoms with Crippen LogP contribution < -0.4 is 0 Å². The van der Waals surface area contributed by atoms with E-state index in [0.717, 1.165) is 35.8 Å². The van der Waals surface area contributed by atoms with Crippen molar-refractivity contribution >= 4 is 23.2 Å². The van der Waals surface area contributed by atoms with Crippen LogP contribution in [0.25, 0.3) is 10.6 Å². The lowest BCUT2D eigenvalue weighted by atomic mass is 10.2. The first-order valence-corrected chi connectivity index (χ1v) is 11.7. The largest absolute Gasteiger partial charge is 0.448 e. The molecule has 6 nitrogen and oxygen atoms in total. The summed E-state index contributed by atoms with van der Waals surface area (Å²) >= 11 is 1.39. The first-order chi connectivity index (χ1) is 15.5. The van der Waals surface area contributed by atoms with Crippen LogP contribution in [0.3, 0.4) is 0 Å². The molecule has 3 aromatic rings. The summed E-state index contributed by atoms with van der Waals surface area (Å²) in [5, 5.41) is 2.43. The van der Waals surface area contributed by atoms with Gasteiger partial charge in [0.25, 0.3) is 5.91 Å². The molecule has 4 rings (SSSR count). The van der Waals surface area contributed by atoms with Crippen molar-refractivity contribution in [2.24, 2.45) is 0 Å². The fourth-order valence-electron chi connectivity index (χ4n) is 3.69. The molecular weight excluding hydrogens is 422 g/mol. The predicted octanol–water partition coefficient (Wildman–Crippen LogP) is 4.01. The Labute approximate surface area is 192 Å². The maximum atomic E-state index is 12.8. The van der Waals surface area contributed by atoms with Crippen molar-refractivity contribution < 1.29 is 14.3 Å². The maximum absolute atomic E-state index is 12.8. The molecule has 0 N–H and O–H groups in total. The number of aromatic nitrogens is 1. The van der Waals surface area contributed by atoms with E-state index >= 15 is 0 Å². The molecule has 166 valence electrons. The molecule has 1 amide bonds. The van der Waals surface area contributed by atoms with Gasteiger partial charge in [-0.25, -0.2) is 9.78 Å². The Balaban J connectivity index is 1.28. The van der Waals surface area contributed by atoms with Crippen molar-refractivity contribution in [2.45, 2.75) is 26.5 Å². The lowest BCUT2D eigenvalue weighted by Crippen LogP contribution is -2.51. The van der Waals surface area contributed by atoms with Crippen LogP contribution in [0, 0.1) is 6.92 Å². The van der Waals surface area contributed by atoms with E-state index in [0.29, 0.717) is 13.1 Å². The van der Waals surface area contributed by atoms with Gasteiger partial charge in [0.05, 0.1) is 0 Å². The molecule has 1 saturated heterocycles. The van der Waals surface area contributed by atoms with Crippen molar-refractivity contribution in [3.63, 3.8) is 0 Å². The molecular formula is C25H27N3O3S. The van der Waals surface area contributed by atoms with Gasteiger partial charge in [-0.2, -0.15) is 0 Å². The van der Waals surface area contributed by atoms with Crippen LogP contribution in [0.5, 0.6) is 0 Å². The minimum Gasteiger partial charge on any atom is -0.448 e. The minimum absolute atomic E-state index is 0.160. The van der Waals surface area contributed by atoms with Gasteiger partial charge in [-0.1, -0.05) is 60.2 Å². The Morgan fingerprint density at radius 3 is 2.41 bits per heavy atom. The number of carbonyl (C=O) groups is 2. The number of thiazole rings is 1. The van der Waals surface area contributed by atoms with Gasteiger partial charge in [-0.3, -0.25) is 9.69 Å². The van der Waals surface area contributed by atoms with Crippen molar-refractivity contribution in [2.75, 3.05) is 26.2 Å². The average molecular weight is 450 g/mol. The molecule has 2 heterocycles. The van der Waals surface area contributed by atoms with Crippen LogP contribution in [-0.4, -0.2) is 58.9 Å². The lowest BCUT2D eigenvalue weighted by molar-refractivity contribution is -0.141. The molecule has 32 heavy (non-hydrogen) atoms. The molecule has 0 spiro atoms. The van der Waals surface area contributed by atoms with Gasteiger partial charge in [0.2, 0.25) is 0 Å². The SMILES string of the molecule is Cc1ccc(-c2nc(C(=O)OC(C)C(=O)N3CCN(Cc4ccccc4)CC3)cs2)cc1. The second-order valence-electron chi connectivity index (χ2n) is 8.04. The second kappa shape index (κ2) is 10.1. The fourth-order valence-corrected chi connectivity index (χ4v) is 4.49. The molecule has 0 aliphatic carbocycles. The Morgan fingerprint density at radius 1 is 1.03 bits per heavy atom. The van der Waals surface area contributed by atoms with Crippen molar-refractivity contribution in [3.8, 4) is 10.6 Å². The number of esters is 1. The summed E-state index contributed by atoms with van der Waals surface area (Å²) in [6.07, 6.45) is -0.840. The van der Waals surface area contributed by atoms with E-state index in [9.17, 15) is 9.59 Å². The number of hydrogen-bond donors (Lipinski definition) is 0. The third kappa shape index (κ3) is 5.41. The van der Waals surface area contributed by atoms with Gasteiger partial charge in [0.15, 0.2) is 11.8 Å². The molecule has 0 radical (unpaired) electrons. The molecule has 0 bridgehead atoms. The summed E-state index contributed by atoms with van der Waals surface area (Å²) in [4.78, 5) is 33.8. The van der Waals surface area contributed by atoms with Crippen LogP contribution in [0.1, 0.15) is 28.5 Å². The zero-order valence-corrected chi connectivity index (χ0v) is 19.2. The molecule has 1 aliphatic heterocycles. The highest BCUT2D eigenvalue weighted by Gasteiger charge is 2.28. The Morgan fingerprint density at radius 2 is 1.72 bits per heavy atom. The van der Waals surface area contributed by atoms with Gasteiger partial charge in [0, 0.05) is 43.7 Å². The van der Waals surface area contributed by atoms with Gasteiger partial charge in [-0.05, 0) is 19.4 Å². The summed E-state index contributed by atoms with van der Waals surface area (Å²) in [5.74, 6) is -0.727. The van der Waals surface area contributed by atoms with E-state index in [4.69, 9.17) is 4.74 Å². The fraction of sp³-hybridized carbons (Fsp3) is 0.320. The van der Waals surface area contributed by atoms with E-state index in [1.54, 1.807) is 17.2 Å². The number of hydrogen-bond acceptors (Lipinski definition) is 6. The van der Waals surface area contributed by atoms with Crippen LogP contribution in [-0.2, 0) is 16.1 Å². The normalized spacial score (nSPS) is 15.4. The first kappa shape index (κ1) is 22.2. The van der Waals surface area contributed by atoms with E-state index in [2.05, 4.69) is 22.0 Å². The molecule has 1 atom stereocenters. The minimum atomic E-state index is -0.840. The Hall–Kier alpha value is -3.03. The van der Waals surface area contributed by atoms with E-state index in [1.165, 1.54) is 16.9 Å². The highest BCUT2D eigenvalue weighted by Crippen LogP contribution is 2.24. The van der Waals surface area contributed by atoms with Crippen LogP contribution >= 0.6 is 11.3 Å². The van der Waals surface area contributed by atoms with Crippen LogP contribution in [0.2, 0.25) is 0 Å². The number of benzene rings is 2. The third-order valence-corrected chi connectivity index (χ3v) is 6.47. The van der Waals surface area contributed by atoms with Crippen molar-refractivity contribution in [3.05, 3.63) is 76.8 Å². The smallest absolute Gasteiger partial charge is 0.358 e. The lowest BCUT2D eigenvalue weighted by Gasteiger charge is -2.35. The van der Waals surface area contributed by atoms with Crippen molar-refractivity contribution in [1.82, 2.24) is 14.8 Å². The zero-order chi connectivity index (χ0) is 22.5. The maximum Gasteiger partial charge on any atom is 0.358 e. The molecule has 2 aromatic carbocycles. The highest BCUT2D eigenvalue weighted by molar-refractivity contribution is 7.13. The molecule has 1 aromatic heterocycles. The van der Waals surface area contributed by atoms with Crippen LogP contribution in [0.4, 0.5) is 0 Å². The van der Waals surface area contributed by atoms with E-state index in [1.807, 2.05) is 49.4 Å². The molecule has 1 aliphatic rings. The molecule has 0 saturated carbocycles. The monoisotopic (exact) mass is 449 g/mol. The standard InChI is InChI=1S/C25H27N3O3S/c1-18-8-10-21(11-9-18)23-26-22(17-32-23)25(30)31-19(2)24(29)28-14-12-27(13-15-28)16-20-6-4-3-5-7-20/h3-11,17,19H,12-16H2,1-2H3. The third-order valence-electron chi connectivity index (χ3n) is 5.58. The number of aryl methyl sites for hydroxylation is 1. The number of amides is 1. The van der Waals surface area contributed by atoms with E-state index < -0.39 is 12.1 Å². The van der Waals surface area contributed by atoms with Crippen LogP contribution in [0.15, 0.2) is 60.0 Å². The average Bonchev–Trinajstić information content (AvgIpc) is 3.31. The predicted molar refractivity (Wildman–Crippen MR) is 125 cm³/mol. The molecule has 7 heteroatoms. The second-order valence-corrected chi connectivity index (χ2v) is 8.90. The summed E-state index contributed by atoms with van der Waals surface area (Å²) in [6, 6.07) is 18.3. The zero-order valence-electron chi connectivity index (χ0n) is 18.4. The summed E-state index contributed by atoms with van der Waals surface area (Å²) in [5.41, 5.74) is 3.62. The number of piperazine rings is 1. The van der Waals surface area contributed by atoms with E-state index in [-0.39, 0.29) is 11.6 Å². The van der Waals surface area contributed by atoms with Gasteiger partial charge in [-0.15, -0.1) is 11.3 Å². The van der Waals surface area contributed by atoms with Gasteiger partial charge in [0.1, 0.15) is 5.01 Å². The van der Waals surface area contributed by atoms with Gasteiger partial charge < -0.3 is 9.64 Å². The number of carbonyl (C=O) groups excluding carboxylic acids is 2. The number of nitrogens with zero attached hydrogens (tertiary/aromatic N) is 3. The highest BCUT2D eigenvalue weighted by atomic mass is 32.1. The Kier molecular flexibility index (Phi) is 6.97. The van der Waals surface area contributed by atoms with Crippen molar-refractivity contribution in [1.29, 1.82) is 0 Å².